The maximum absolute atomic E-state index is 13.4. The maximum atomic E-state index is 13.4. The summed E-state index contributed by atoms with van der Waals surface area (Å²) in [6.45, 7) is 2.23. The predicted octanol–water partition coefficient (Wildman–Crippen LogP) is 4.61. The summed E-state index contributed by atoms with van der Waals surface area (Å²) in [5.41, 5.74) is 1.61. The molecular weight excluding hydrogens is 360 g/mol. The Bertz CT molecular complexity index is 904. The first-order valence-electron chi connectivity index (χ1n) is 9.03. The Morgan fingerprint density at radius 1 is 1.11 bits per heavy atom. The molecule has 0 unspecified atom stereocenters. The number of hydrogen-bond donors (Lipinski definition) is 0. The van der Waals surface area contributed by atoms with Gasteiger partial charge in [0.15, 0.2) is 23.1 Å². The second-order valence-electron chi connectivity index (χ2n) is 6.58. The molecule has 2 aromatic rings. The number of hydrogen-bond acceptors (Lipinski definition) is 5. The molecule has 5 heteroatoms. The minimum absolute atomic E-state index is 0.0537. The lowest BCUT2D eigenvalue weighted by Crippen LogP contribution is -2.29. The highest BCUT2D eigenvalue weighted by Gasteiger charge is 2.38. The quantitative estimate of drug-likeness (QED) is 0.709. The van der Waals surface area contributed by atoms with Crippen LogP contribution in [-0.4, -0.2) is 24.1 Å². The van der Waals surface area contributed by atoms with Crippen molar-refractivity contribution in [3.05, 3.63) is 70.6 Å². The van der Waals surface area contributed by atoms with Crippen LogP contribution in [0.4, 0.5) is 0 Å². The van der Waals surface area contributed by atoms with Crippen molar-refractivity contribution in [2.45, 2.75) is 19.3 Å². The summed E-state index contributed by atoms with van der Waals surface area (Å²) in [5.74, 6) is 1.72. The first-order valence-corrected chi connectivity index (χ1v) is 10.0. The third-order valence-electron chi connectivity index (χ3n) is 4.91. The van der Waals surface area contributed by atoms with Crippen LogP contribution in [0.15, 0.2) is 59.5 Å². The third kappa shape index (κ3) is 3.52. The molecule has 27 heavy (non-hydrogen) atoms. The van der Waals surface area contributed by atoms with Crippen molar-refractivity contribution >= 4 is 23.3 Å². The smallest absolute Gasteiger partial charge is 0.231 e. The lowest BCUT2D eigenvalue weighted by molar-refractivity contribution is -0.115. The van der Waals surface area contributed by atoms with E-state index in [0.717, 1.165) is 16.2 Å². The van der Waals surface area contributed by atoms with Gasteiger partial charge in [0.25, 0.3) is 0 Å². The van der Waals surface area contributed by atoms with Crippen LogP contribution in [0.25, 0.3) is 0 Å². The summed E-state index contributed by atoms with van der Waals surface area (Å²) >= 11 is 1.57. The molecule has 0 saturated heterocycles. The Kier molecular flexibility index (Phi) is 5.03. The summed E-state index contributed by atoms with van der Waals surface area (Å²) < 4.78 is 10.9. The molecule has 1 aliphatic carbocycles. The fourth-order valence-electron chi connectivity index (χ4n) is 3.69. The van der Waals surface area contributed by atoms with E-state index in [1.807, 2.05) is 55.5 Å². The van der Waals surface area contributed by atoms with Gasteiger partial charge in [-0.05, 0) is 34.4 Å². The Morgan fingerprint density at radius 3 is 2.67 bits per heavy atom. The molecule has 0 N–H and O–H groups in total. The van der Waals surface area contributed by atoms with Crippen LogP contribution in [0.2, 0.25) is 0 Å². The Morgan fingerprint density at radius 2 is 1.89 bits per heavy atom. The highest BCUT2D eigenvalue weighted by molar-refractivity contribution is 8.03. The molecular formula is C22H20O4S. The number of ether oxygens (including phenoxy) is 2. The van der Waals surface area contributed by atoms with Gasteiger partial charge in [0, 0.05) is 17.9 Å². The van der Waals surface area contributed by atoms with E-state index in [1.54, 1.807) is 17.8 Å². The summed E-state index contributed by atoms with van der Waals surface area (Å²) in [6, 6.07) is 15.0. The van der Waals surface area contributed by atoms with Crippen molar-refractivity contribution in [2.75, 3.05) is 12.5 Å². The second-order valence-corrected chi connectivity index (χ2v) is 7.91. The number of carbonyl (C=O) groups is 2. The normalized spacial score (nSPS) is 21.1. The summed E-state index contributed by atoms with van der Waals surface area (Å²) in [6.07, 6.45) is 1.97. The minimum atomic E-state index is -0.365. The topological polar surface area (TPSA) is 52.6 Å². The summed E-state index contributed by atoms with van der Waals surface area (Å²) in [4.78, 5) is 26.7. The fraction of sp³-hybridized carbons (Fsp3) is 0.273. The Balaban J connectivity index is 1.77. The molecule has 138 valence electrons. The van der Waals surface area contributed by atoms with E-state index in [4.69, 9.17) is 9.47 Å². The van der Waals surface area contributed by atoms with Gasteiger partial charge in [-0.1, -0.05) is 43.3 Å². The van der Waals surface area contributed by atoms with Crippen LogP contribution in [0.1, 0.15) is 35.2 Å². The van der Waals surface area contributed by atoms with E-state index in [-0.39, 0.29) is 30.2 Å². The van der Waals surface area contributed by atoms with Crippen LogP contribution in [-0.2, 0) is 4.79 Å². The molecule has 2 aromatic carbocycles. The van der Waals surface area contributed by atoms with E-state index in [9.17, 15) is 9.59 Å². The van der Waals surface area contributed by atoms with Crippen molar-refractivity contribution in [1.29, 1.82) is 0 Å². The largest absolute Gasteiger partial charge is 0.454 e. The summed E-state index contributed by atoms with van der Waals surface area (Å²) in [5, 5.41) is 0. The second kappa shape index (κ2) is 7.61. The standard InChI is InChI=1S/C22H20O4S/c1-2-27-20-12-16(23)11-17(15-8-9-18-19(10-15)26-13-25-18)21(20)22(24)14-6-4-3-5-7-14/h3-10,12,17,21H,2,11,13H2,1H3/t17-,21+/m1/s1. The van der Waals surface area contributed by atoms with Gasteiger partial charge >= 0.3 is 0 Å². The van der Waals surface area contributed by atoms with Gasteiger partial charge in [-0.15, -0.1) is 11.8 Å². The third-order valence-corrected chi connectivity index (χ3v) is 5.90. The molecule has 0 radical (unpaired) electrons. The van der Waals surface area contributed by atoms with Gasteiger partial charge in [-0.2, -0.15) is 0 Å². The lowest BCUT2D eigenvalue weighted by Gasteiger charge is -2.31. The molecule has 0 aromatic heterocycles. The van der Waals surface area contributed by atoms with Crippen LogP contribution in [0, 0.1) is 5.92 Å². The minimum Gasteiger partial charge on any atom is -0.454 e. The molecule has 4 rings (SSSR count). The average Bonchev–Trinajstić information content (AvgIpc) is 3.16. The SMILES string of the molecule is CCSC1=CC(=O)C[C@H](c2ccc3c(c2)OCO3)[C@@H]1C(=O)c1ccccc1. The number of fused-ring (bicyclic) bond motifs is 1. The zero-order chi connectivity index (χ0) is 18.8. The first-order chi connectivity index (χ1) is 13.2. The number of ketones is 2. The van der Waals surface area contributed by atoms with E-state index >= 15 is 0 Å². The number of benzene rings is 2. The zero-order valence-electron chi connectivity index (χ0n) is 15.0. The predicted molar refractivity (Wildman–Crippen MR) is 105 cm³/mol. The van der Waals surface area contributed by atoms with Gasteiger partial charge in [0.2, 0.25) is 6.79 Å². The van der Waals surface area contributed by atoms with Crippen molar-refractivity contribution in [1.82, 2.24) is 0 Å². The number of allylic oxidation sites excluding steroid dienone is 2. The molecule has 0 spiro atoms. The molecule has 1 heterocycles. The molecule has 1 aliphatic heterocycles. The van der Waals surface area contributed by atoms with Crippen LogP contribution in [0.5, 0.6) is 11.5 Å². The van der Waals surface area contributed by atoms with Gasteiger partial charge in [0.05, 0.1) is 5.92 Å². The highest BCUT2D eigenvalue weighted by atomic mass is 32.2. The first kappa shape index (κ1) is 17.9. The maximum Gasteiger partial charge on any atom is 0.231 e. The van der Waals surface area contributed by atoms with Crippen LogP contribution >= 0.6 is 11.8 Å². The average molecular weight is 380 g/mol. The molecule has 0 amide bonds. The van der Waals surface area contributed by atoms with Gasteiger partial charge in [-0.25, -0.2) is 0 Å². The van der Waals surface area contributed by atoms with E-state index in [0.29, 0.717) is 23.5 Å². The van der Waals surface area contributed by atoms with Crippen molar-refractivity contribution < 1.29 is 19.1 Å². The molecule has 4 nitrogen and oxygen atoms in total. The van der Waals surface area contributed by atoms with E-state index < -0.39 is 0 Å². The number of carbonyl (C=O) groups excluding carboxylic acids is 2. The molecule has 0 bridgehead atoms. The van der Waals surface area contributed by atoms with Gasteiger partial charge < -0.3 is 9.47 Å². The van der Waals surface area contributed by atoms with Crippen LogP contribution < -0.4 is 9.47 Å². The van der Waals surface area contributed by atoms with E-state index in [1.165, 1.54) is 0 Å². The van der Waals surface area contributed by atoms with Crippen molar-refractivity contribution in [3.63, 3.8) is 0 Å². The summed E-state index contributed by atoms with van der Waals surface area (Å²) in [7, 11) is 0. The molecule has 0 saturated carbocycles. The van der Waals surface area contributed by atoms with E-state index in [2.05, 4.69) is 0 Å². The Hall–Kier alpha value is -2.53. The Labute approximate surface area is 162 Å². The van der Waals surface area contributed by atoms with Crippen molar-refractivity contribution in [3.8, 4) is 11.5 Å². The highest BCUT2D eigenvalue weighted by Crippen LogP contribution is 2.45. The van der Waals surface area contributed by atoms with Crippen LogP contribution in [0.3, 0.4) is 0 Å². The number of rotatable bonds is 5. The lowest BCUT2D eigenvalue weighted by atomic mass is 9.75. The zero-order valence-corrected chi connectivity index (χ0v) is 15.8. The molecule has 2 aliphatic rings. The number of Topliss-reactive ketones (excluding diaryl/α,β-unsaturated/α-hetero) is 1. The molecule has 0 fully saturated rings. The molecule has 2 atom stereocenters. The van der Waals surface area contributed by atoms with Crippen molar-refractivity contribution in [2.24, 2.45) is 5.92 Å². The number of thioether (sulfide) groups is 1. The fourth-order valence-corrected chi connectivity index (χ4v) is 4.69. The van der Waals surface area contributed by atoms with Gasteiger partial charge in [-0.3, -0.25) is 9.59 Å². The monoisotopic (exact) mass is 380 g/mol. The van der Waals surface area contributed by atoms with Gasteiger partial charge in [0.1, 0.15) is 0 Å².